The second-order valence-electron chi connectivity index (χ2n) is 8.28. The van der Waals surface area contributed by atoms with Gasteiger partial charge in [-0.3, -0.25) is 9.69 Å². The van der Waals surface area contributed by atoms with E-state index in [0.29, 0.717) is 13.0 Å². The average Bonchev–Trinajstić information content (AvgIpc) is 3.07. The number of amides is 1. The highest BCUT2D eigenvalue weighted by Gasteiger charge is 2.58. The molecule has 1 spiro atoms. The number of carbonyl (C=O) groups is 3. The van der Waals surface area contributed by atoms with Gasteiger partial charge in [-0.15, -0.1) is 0 Å². The second-order valence-corrected chi connectivity index (χ2v) is 8.28. The van der Waals surface area contributed by atoms with Gasteiger partial charge in [-0.2, -0.15) is 0 Å². The van der Waals surface area contributed by atoms with E-state index in [1.807, 2.05) is 54.6 Å². The number of hydrogen-bond donors (Lipinski definition) is 0. The molecule has 0 bridgehead atoms. The molecule has 2 aromatic carbocycles. The molecule has 3 heterocycles. The quantitative estimate of drug-likeness (QED) is 0.505. The molecule has 5 rings (SSSR count). The van der Waals surface area contributed by atoms with Crippen LogP contribution in [0.4, 0.5) is 5.69 Å². The molecule has 1 amide bonds. The van der Waals surface area contributed by atoms with E-state index in [4.69, 9.17) is 14.2 Å². The molecular formula is C24H24N2O6. The molecule has 3 aliphatic heterocycles. The van der Waals surface area contributed by atoms with E-state index in [1.165, 1.54) is 0 Å². The van der Waals surface area contributed by atoms with E-state index in [2.05, 4.69) is 4.90 Å². The molecule has 0 atom stereocenters. The number of hydrogen-bond acceptors (Lipinski definition) is 7. The summed E-state index contributed by atoms with van der Waals surface area (Å²) in [5.74, 6) is -3.67. The molecule has 0 saturated carbocycles. The van der Waals surface area contributed by atoms with Crippen molar-refractivity contribution in [3.8, 4) is 5.75 Å². The number of carbonyl (C=O) groups excluding carboxylic acids is 3. The summed E-state index contributed by atoms with van der Waals surface area (Å²) in [6.07, 6.45) is 1.68. The minimum Gasteiger partial charge on any atom is -0.488 e. The largest absolute Gasteiger partial charge is 0.488 e. The first-order valence-corrected chi connectivity index (χ1v) is 10.8. The Balaban J connectivity index is 1.22. The SMILES string of the molecule is O=C1OC2(CCCN(c3ccccc3CCN3CC(Oc4ccccc4)C3)C2=O)OC1=O. The average molecular weight is 436 g/mol. The Labute approximate surface area is 185 Å². The molecule has 0 radical (unpaired) electrons. The summed E-state index contributed by atoms with van der Waals surface area (Å²) in [7, 11) is 0. The van der Waals surface area contributed by atoms with E-state index >= 15 is 0 Å². The summed E-state index contributed by atoms with van der Waals surface area (Å²) in [4.78, 5) is 40.2. The van der Waals surface area contributed by atoms with Gasteiger partial charge in [0.2, 0.25) is 0 Å². The minimum atomic E-state index is -1.82. The van der Waals surface area contributed by atoms with Crippen LogP contribution in [0.5, 0.6) is 5.75 Å². The zero-order chi connectivity index (χ0) is 22.1. The van der Waals surface area contributed by atoms with Crippen molar-refractivity contribution in [3.05, 3.63) is 60.2 Å². The van der Waals surface area contributed by atoms with E-state index in [1.54, 1.807) is 4.90 Å². The Hall–Kier alpha value is -3.39. The molecule has 2 aromatic rings. The molecule has 0 aromatic heterocycles. The highest BCUT2D eigenvalue weighted by Crippen LogP contribution is 2.36. The molecule has 8 nitrogen and oxygen atoms in total. The van der Waals surface area contributed by atoms with Crippen LogP contribution < -0.4 is 9.64 Å². The first kappa shape index (κ1) is 20.5. The fourth-order valence-electron chi connectivity index (χ4n) is 4.44. The van der Waals surface area contributed by atoms with Crippen molar-refractivity contribution in [2.75, 3.05) is 31.1 Å². The van der Waals surface area contributed by atoms with Crippen molar-refractivity contribution in [1.82, 2.24) is 4.90 Å². The number of likely N-dealkylation sites (tertiary alicyclic amines) is 1. The molecule has 166 valence electrons. The third kappa shape index (κ3) is 3.82. The molecule has 0 N–H and O–H groups in total. The fraction of sp³-hybridized carbons (Fsp3) is 0.375. The Bertz CT molecular complexity index is 1020. The summed E-state index contributed by atoms with van der Waals surface area (Å²) in [5.41, 5.74) is 1.77. The second kappa shape index (κ2) is 8.27. The first-order valence-electron chi connectivity index (χ1n) is 10.8. The molecule has 8 heteroatoms. The van der Waals surface area contributed by atoms with Crippen molar-refractivity contribution in [2.24, 2.45) is 0 Å². The Morgan fingerprint density at radius 2 is 1.62 bits per heavy atom. The number of para-hydroxylation sites is 2. The van der Waals surface area contributed by atoms with Crippen LogP contribution in [0, 0.1) is 0 Å². The zero-order valence-electron chi connectivity index (χ0n) is 17.6. The smallest absolute Gasteiger partial charge is 0.421 e. The predicted molar refractivity (Wildman–Crippen MR) is 114 cm³/mol. The number of esters is 2. The summed E-state index contributed by atoms with van der Waals surface area (Å²) in [6.45, 7) is 3.02. The Morgan fingerprint density at radius 1 is 0.938 bits per heavy atom. The van der Waals surface area contributed by atoms with Crippen molar-refractivity contribution in [3.63, 3.8) is 0 Å². The third-order valence-corrected chi connectivity index (χ3v) is 6.09. The number of ether oxygens (including phenoxy) is 3. The van der Waals surface area contributed by atoms with E-state index in [9.17, 15) is 14.4 Å². The van der Waals surface area contributed by atoms with Crippen molar-refractivity contribution in [1.29, 1.82) is 0 Å². The van der Waals surface area contributed by atoms with Gasteiger partial charge in [0.1, 0.15) is 11.9 Å². The number of piperidine rings is 1. The van der Waals surface area contributed by atoms with Crippen LogP contribution in [-0.4, -0.2) is 60.8 Å². The topological polar surface area (TPSA) is 85.4 Å². The molecule has 32 heavy (non-hydrogen) atoms. The fourth-order valence-corrected chi connectivity index (χ4v) is 4.44. The van der Waals surface area contributed by atoms with Crippen LogP contribution >= 0.6 is 0 Å². The van der Waals surface area contributed by atoms with E-state index in [-0.39, 0.29) is 12.5 Å². The Kier molecular flexibility index (Phi) is 5.30. The normalized spacial score (nSPS) is 20.8. The summed E-state index contributed by atoms with van der Waals surface area (Å²) in [5, 5.41) is 0. The summed E-state index contributed by atoms with van der Waals surface area (Å²) >= 11 is 0. The van der Waals surface area contributed by atoms with Crippen molar-refractivity contribution >= 4 is 23.5 Å². The molecule has 3 aliphatic rings. The van der Waals surface area contributed by atoms with Crippen LogP contribution in [0.15, 0.2) is 54.6 Å². The van der Waals surface area contributed by atoms with E-state index in [0.717, 1.165) is 43.1 Å². The van der Waals surface area contributed by atoms with Crippen LogP contribution in [0.25, 0.3) is 0 Å². The lowest BCUT2D eigenvalue weighted by molar-refractivity contribution is -0.192. The lowest BCUT2D eigenvalue weighted by Gasteiger charge is -2.39. The molecule has 3 saturated heterocycles. The minimum absolute atomic E-state index is 0.179. The van der Waals surface area contributed by atoms with Crippen LogP contribution in [0.3, 0.4) is 0 Å². The predicted octanol–water partition coefficient (Wildman–Crippen LogP) is 1.92. The van der Waals surface area contributed by atoms with E-state index < -0.39 is 23.6 Å². The van der Waals surface area contributed by atoms with Gasteiger partial charge >= 0.3 is 23.6 Å². The van der Waals surface area contributed by atoms with Gasteiger partial charge in [-0.1, -0.05) is 36.4 Å². The maximum Gasteiger partial charge on any atom is 0.421 e. The standard InChI is InChI=1S/C24H24N2O6/c27-21-22(28)32-24(31-21)12-6-13-26(23(24)29)20-10-5-4-7-17(20)11-14-25-15-19(16-25)30-18-8-2-1-3-9-18/h1-5,7-10,19H,6,11-16H2. The third-order valence-electron chi connectivity index (χ3n) is 6.09. The van der Waals surface area contributed by atoms with Crippen molar-refractivity contribution in [2.45, 2.75) is 31.2 Å². The monoisotopic (exact) mass is 436 g/mol. The number of anilines is 1. The van der Waals surface area contributed by atoms with Gasteiger partial charge in [-0.25, -0.2) is 9.59 Å². The number of rotatable bonds is 6. The van der Waals surface area contributed by atoms with Crippen LogP contribution in [0.1, 0.15) is 18.4 Å². The lowest BCUT2D eigenvalue weighted by Crippen LogP contribution is -2.55. The molecular weight excluding hydrogens is 412 g/mol. The van der Waals surface area contributed by atoms with Gasteiger partial charge in [0.15, 0.2) is 0 Å². The molecule has 0 unspecified atom stereocenters. The number of benzene rings is 2. The first-order chi connectivity index (χ1) is 15.5. The van der Waals surface area contributed by atoms with Gasteiger partial charge in [0.05, 0.1) is 0 Å². The van der Waals surface area contributed by atoms with Crippen molar-refractivity contribution < 1.29 is 28.6 Å². The summed E-state index contributed by atoms with van der Waals surface area (Å²) in [6, 6.07) is 17.5. The molecule has 0 aliphatic carbocycles. The Morgan fingerprint density at radius 3 is 2.38 bits per heavy atom. The van der Waals surface area contributed by atoms with Gasteiger partial charge in [-0.05, 0) is 36.6 Å². The highest BCUT2D eigenvalue weighted by atomic mass is 16.8. The lowest BCUT2D eigenvalue weighted by atomic mass is 10.00. The maximum atomic E-state index is 13.2. The maximum absolute atomic E-state index is 13.2. The highest BCUT2D eigenvalue weighted by molar-refractivity contribution is 6.32. The van der Waals surface area contributed by atoms with Crippen LogP contribution in [-0.2, 0) is 30.3 Å². The van der Waals surface area contributed by atoms with Crippen LogP contribution in [0.2, 0.25) is 0 Å². The zero-order valence-corrected chi connectivity index (χ0v) is 17.6. The van der Waals surface area contributed by atoms with Gasteiger partial charge in [0.25, 0.3) is 0 Å². The molecule has 3 fully saturated rings. The number of nitrogens with zero attached hydrogens (tertiary/aromatic N) is 2. The summed E-state index contributed by atoms with van der Waals surface area (Å²) < 4.78 is 16.1. The van der Waals surface area contributed by atoms with Gasteiger partial charge < -0.3 is 19.1 Å². The van der Waals surface area contributed by atoms with Gasteiger partial charge in [0, 0.05) is 38.3 Å².